The summed E-state index contributed by atoms with van der Waals surface area (Å²) in [7, 11) is 1.54. The summed E-state index contributed by atoms with van der Waals surface area (Å²) in [5, 5.41) is 17.3. The van der Waals surface area contributed by atoms with Crippen LogP contribution in [0.2, 0.25) is 0 Å². The molecule has 162 valence electrons. The highest BCUT2D eigenvalue weighted by Gasteiger charge is 2.32. The molecule has 2 aromatic carbocycles. The molecule has 3 heterocycles. The van der Waals surface area contributed by atoms with Crippen LogP contribution in [0.25, 0.3) is 32.2 Å². The average Bonchev–Trinajstić information content (AvgIpc) is 3.31. The number of carbonyl (C=O) groups is 1. The molecule has 5 aromatic rings. The lowest BCUT2D eigenvalue weighted by Crippen LogP contribution is -2.34. The van der Waals surface area contributed by atoms with E-state index >= 15 is 0 Å². The Hall–Kier alpha value is -4.69. The second-order valence-electron chi connectivity index (χ2n) is 7.29. The molecular formula is C22H16N7O3S+. The van der Waals surface area contributed by atoms with Crippen molar-refractivity contribution in [3.05, 3.63) is 63.3 Å². The SMILES string of the molecule is C[n+]1[nH]oc(=O)c1-c1c(C#N)c(N)nc2sc(C(=O)Nc3ccc4ccccc4c3)c(N)c12. The van der Waals surface area contributed by atoms with E-state index in [1.807, 2.05) is 42.5 Å². The summed E-state index contributed by atoms with van der Waals surface area (Å²) in [5.74, 6) is -0.525. The highest BCUT2D eigenvalue weighted by molar-refractivity contribution is 7.21. The van der Waals surface area contributed by atoms with Gasteiger partial charge in [0.15, 0.2) is 7.05 Å². The smallest absolute Gasteiger partial charge is 0.397 e. The Balaban J connectivity index is 1.66. The van der Waals surface area contributed by atoms with Gasteiger partial charge in [0, 0.05) is 5.69 Å². The maximum Gasteiger partial charge on any atom is 0.435 e. The van der Waals surface area contributed by atoms with E-state index < -0.39 is 11.5 Å². The normalized spacial score (nSPS) is 11.0. The number of fused-ring (bicyclic) bond motifs is 2. The van der Waals surface area contributed by atoms with Crippen molar-refractivity contribution in [2.24, 2.45) is 7.05 Å². The Morgan fingerprint density at radius 1 is 1.24 bits per heavy atom. The molecule has 0 saturated carbocycles. The number of thiophene rings is 1. The van der Waals surface area contributed by atoms with E-state index in [4.69, 9.17) is 16.0 Å². The number of nitrogens with two attached hydrogens (primary N) is 2. The highest BCUT2D eigenvalue weighted by Crippen LogP contribution is 2.41. The lowest BCUT2D eigenvalue weighted by atomic mass is 10.0. The second kappa shape index (κ2) is 7.47. The number of amides is 1. The maximum absolute atomic E-state index is 13.1. The van der Waals surface area contributed by atoms with Gasteiger partial charge in [0.05, 0.1) is 16.6 Å². The molecule has 5 rings (SSSR count). The first-order valence-corrected chi connectivity index (χ1v) is 10.5. The third kappa shape index (κ3) is 3.17. The first-order valence-electron chi connectivity index (χ1n) is 9.68. The molecular weight excluding hydrogens is 442 g/mol. The minimum atomic E-state index is -0.714. The zero-order valence-electron chi connectivity index (χ0n) is 17.2. The van der Waals surface area contributed by atoms with Crippen molar-refractivity contribution in [2.45, 2.75) is 0 Å². The van der Waals surface area contributed by atoms with Crippen molar-refractivity contribution in [1.29, 1.82) is 5.26 Å². The lowest BCUT2D eigenvalue weighted by molar-refractivity contribution is -0.730. The van der Waals surface area contributed by atoms with E-state index in [2.05, 4.69) is 15.6 Å². The van der Waals surface area contributed by atoms with E-state index in [0.29, 0.717) is 10.5 Å². The minimum absolute atomic E-state index is 0.0315. The average molecular weight is 458 g/mol. The number of nitriles is 1. The van der Waals surface area contributed by atoms with Crippen LogP contribution in [-0.4, -0.2) is 16.2 Å². The summed E-state index contributed by atoms with van der Waals surface area (Å²) < 4.78 is 6.15. The number of benzene rings is 2. The third-order valence-electron chi connectivity index (χ3n) is 5.27. The number of pyridine rings is 1. The molecule has 0 radical (unpaired) electrons. The van der Waals surface area contributed by atoms with Gasteiger partial charge in [-0.1, -0.05) is 35.0 Å². The molecule has 0 aliphatic heterocycles. The molecule has 0 unspecified atom stereocenters. The topological polar surface area (TPSA) is 168 Å². The Kier molecular flexibility index (Phi) is 4.58. The van der Waals surface area contributed by atoms with Gasteiger partial charge in [0.1, 0.15) is 27.2 Å². The number of nitrogen functional groups attached to an aromatic ring is 2. The van der Waals surface area contributed by atoms with Crippen LogP contribution >= 0.6 is 11.3 Å². The standard InChI is InChI=1S/C22H15N7O3S/c1-29-17(22(31)32-28-29)14-13(9-23)19(25)27-21-15(14)16(24)18(33-21)20(30)26-12-7-6-10-4-2-3-5-11(10)8-12/h2-8H,1H3,(H5-,24,25,26,27,28,30,31)/p+1. The van der Waals surface area contributed by atoms with E-state index in [1.165, 1.54) is 4.68 Å². The summed E-state index contributed by atoms with van der Waals surface area (Å²) in [6, 6.07) is 15.3. The Labute approximate surface area is 189 Å². The van der Waals surface area contributed by atoms with Crippen LogP contribution < -0.4 is 27.1 Å². The Bertz CT molecular complexity index is 1690. The zero-order chi connectivity index (χ0) is 23.3. The molecule has 0 aliphatic carbocycles. The number of hydrogen-bond donors (Lipinski definition) is 4. The number of rotatable bonds is 3. The summed E-state index contributed by atoms with van der Waals surface area (Å²) in [6.45, 7) is 0. The predicted molar refractivity (Wildman–Crippen MR) is 125 cm³/mol. The van der Waals surface area contributed by atoms with Crippen molar-refractivity contribution in [3.63, 3.8) is 0 Å². The molecule has 6 N–H and O–H groups in total. The van der Waals surface area contributed by atoms with Gasteiger partial charge in [-0.05, 0) is 28.2 Å². The van der Waals surface area contributed by atoms with Crippen LogP contribution in [0.15, 0.2) is 51.8 Å². The minimum Gasteiger partial charge on any atom is -0.397 e. The van der Waals surface area contributed by atoms with Gasteiger partial charge in [0.25, 0.3) is 5.91 Å². The number of H-pyrrole nitrogens is 1. The van der Waals surface area contributed by atoms with Gasteiger partial charge < -0.3 is 16.8 Å². The lowest BCUT2D eigenvalue weighted by Gasteiger charge is -2.06. The Morgan fingerprint density at radius 2 is 2.00 bits per heavy atom. The number of nitrogens with one attached hydrogen (secondary N) is 2. The molecule has 0 spiro atoms. The van der Waals surface area contributed by atoms with Gasteiger partial charge in [-0.15, -0.1) is 11.3 Å². The fraction of sp³-hybridized carbons (Fsp3) is 0.0455. The fourth-order valence-corrected chi connectivity index (χ4v) is 4.76. The number of aryl methyl sites for hydroxylation is 1. The molecule has 1 amide bonds. The molecule has 0 saturated heterocycles. The molecule has 3 aromatic heterocycles. The number of aromatic nitrogens is 3. The van der Waals surface area contributed by atoms with Crippen molar-refractivity contribution in [2.75, 3.05) is 16.8 Å². The summed E-state index contributed by atoms with van der Waals surface area (Å²) in [4.78, 5) is 30.2. The fourth-order valence-electron chi connectivity index (χ4n) is 3.75. The third-order valence-corrected chi connectivity index (χ3v) is 6.37. The van der Waals surface area contributed by atoms with Crippen LogP contribution in [0.4, 0.5) is 17.2 Å². The first-order chi connectivity index (χ1) is 15.9. The van der Waals surface area contributed by atoms with Crippen LogP contribution in [0.1, 0.15) is 15.2 Å². The van der Waals surface area contributed by atoms with Crippen LogP contribution in [0.5, 0.6) is 0 Å². The number of carbonyl (C=O) groups excluding carboxylic acids is 1. The maximum atomic E-state index is 13.1. The largest absolute Gasteiger partial charge is 0.435 e. The summed E-state index contributed by atoms with van der Waals surface area (Å²) in [5.41, 5.74) is 12.5. The Morgan fingerprint density at radius 3 is 2.70 bits per heavy atom. The molecule has 11 heteroatoms. The molecule has 10 nitrogen and oxygen atoms in total. The molecule has 0 bridgehead atoms. The van der Waals surface area contributed by atoms with Gasteiger partial charge in [0.2, 0.25) is 0 Å². The quantitative estimate of drug-likeness (QED) is 0.301. The van der Waals surface area contributed by atoms with Crippen LogP contribution in [0, 0.1) is 11.3 Å². The second-order valence-corrected chi connectivity index (χ2v) is 8.29. The summed E-state index contributed by atoms with van der Waals surface area (Å²) >= 11 is 1.02. The van der Waals surface area contributed by atoms with Crippen LogP contribution in [-0.2, 0) is 7.05 Å². The number of hydrogen-bond acceptors (Lipinski definition) is 8. The predicted octanol–water partition coefficient (Wildman–Crippen LogP) is 2.51. The first kappa shape index (κ1) is 20.2. The monoisotopic (exact) mass is 458 g/mol. The molecule has 33 heavy (non-hydrogen) atoms. The van der Waals surface area contributed by atoms with Gasteiger partial charge in [-0.2, -0.15) is 5.26 Å². The van der Waals surface area contributed by atoms with Crippen molar-refractivity contribution < 1.29 is 14.0 Å². The van der Waals surface area contributed by atoms with E-state index in [1.54, 1.807) is 13.1 Å². The van der Waals surface area contributed by atoms with Gasteiger partial charge in [-0.25, -0.2) is 9.78 Å². The number of anilines is 3. The zero-order valence-corrected chi connectivity index (χ0v) is 18.0. The van der Waals surface area contributed by atoms with Crippen LogP contribution in [0.3, 0.4) is 0 Å². The highest BCUT2D eigenvalue weighted by atomic mass is 32.1. The molecule has 0 fully saturated rings. The van der Waals surface area contributed by atoms with Crippen molar-refractivity contribution in [3.8, 4) is 17.3 Å². The van der Waals surface area contributed by atoms with E-state index in [-0.39, 0.29) is 38.6 Å². The molecule has 0 aliphatic rings. The summed E-state index contributed by atoms with van der Waals surface area (Å²) in [6.07, 6.45) is 0. The van der Waals surface area contributed by atoms with Crippen molar-refractivity contribution >= 4 is 55.4 Å². The van der Waals surface area contributed by atoms with Gasteiger partial charge in [-0.3, -0.25) is 9.32 Å². The van der Waals surface area contributed by atoms with E-state index in [9.17, 15) is 14.9 Å². The van der Waals surface area contributed by atoms with Gasteiger partial charge >= 0.3 is 11.3 Å². The molecule has 0 atom stereocenters. The number of nitrogens with zero attached hydrogens (tertiary/aromatic N) is 3. The number of aromatic amines is 1. The van der Waals surface area contributed by atoms with E-state index in [0.717, 1.165) is 22.1 Å². The van der Waals surface area contributed by atoms with Crippen molar-refractivity contribution in [1.82, 2.24) is 10.3 Å².